The summed E-state index contributed by atoms with van der Waals surface area (Å²) < 4.78 is 220. The molecule has 6 aliphatic heterocycles. The average molecular weight is 2140 g/mol. The number of hydrogen-bond acceptors (Lipinski definition) is 29. The van der Waals surface area contributed by atoms with E-state index in [1.54, 1.807) is 19.2 Å². The van der Waals surface area contributed by atoms with Gasteiger partial charge in [-0.1, -0.05) is 103 Å². The number of aliphatic hydroxyl groups excluding tert-OH is 1. The molecule has 0 atom stereocenters. The van der Waals surface area contributed by atoms with Crippen molar-refractivity contribution in [3.63, 3.8) is 0 Å². The van der Waals surface area contributed by atoms with Crippen LogP contribution in [0.3, 0.4) is 0 Å². The van der Waals surface area contributed by atoms with Crippen LogP contribution in [0.4, 0.5) is 22.7 Å². The number of anilines is 3. The Bertz CT molecular complexity index is 6620. The van der Waals surface area contributed by atoms with E-state index in [0.29, 0.717) is 93.0 Å². The normalized spacial score (nSPS) is 19.3. The van der Waals surface area contributed by atoms with Gasteiger partial charge in [0.25, 0.3) is 23.6 Å². The fourth-order valence-electron chi connectivity index (χ4n) is 18.8. The second kappa shape index (κ2) is 53.4. The van der Waals surface area contributed by atoms with Crippen LogP contribution in [-0.4, -0.2) is 261 Å². The molecular weight excluding hydrogens is 2020 g/mol. The van der Waals surface area contributed by atoms with Gasteiger partial charge in [-0.2, -0.15) is 4.58 Å². The summed E-state index contributed by atoms with van der Waals surface area (Å²) in [6.45, 7) is 22.4. The molecule has 12 rings (SSSR count). The molecule has 1 saturated carbocycles. The molecule has 0 saturated heterocycles. The number of aryl methyl sites for hydroxylation is 2. The first-order chi connectivity index (χ1) is 64.7. The van der Waals surface area contributed by atoms with Crippen LogP contribution >= 0.6 is 0 Å². The van der Waals surface area contributed by atoms with E-state index in [0.717, 1.165) is 144 Å². The number of aliphatic carboxylic acids is 1. The number of carbonyl (C=O) groups excluding carboxylic acids is 5. The smallest absolute Gasteiger partial charge is 0.748 e. The Balaban J connectivity index is 0.000000444. The molecule has 4 aromatic carbocycles. The zero-order chi connectivity index (χ0) is 103. The van der Waals surface area contributed by atoms with E-state index in [4.69, 9.17) is 9.84 Å². The van der Waals surface area contributed by atoms with Crippen molar-refractivity contribution < 1.29 is 249 Å². The summed E-state index contributed by atoms with van der Waals surface area (Å²) in [7, 11) is -23.5. The molecule has 0 aromatic heterocycles. The Kier molecular flexibility index (Phi) is 47.5. The van der Waals surface area contributed by atoms with Crippen LogP contribution in [0.1, 0.15) is 199 Å². The second-order valence-electron chi connectivity index (χ2n) is 37.7. The number of fused-ring (bicyclic) bond motifs is 4. The van der Waals surface area contributed by atoms with Crippen LogP contribution in [0, 0.1) is 13.8 Å². The summed E-state index contributed by atoms with van der Waals surface area (Å²) in [4.78, 5) is 78.1. The first-order valence-corrected chi connectivity index (χ1v) is 55.0. The Morgan fingerprint density at radius 2 is 0.833 bits per heavy atom. The van der Waals surface area contributed by atoms with Gasteiger partial charge in [-0.15, -0.1) is 0 Å². The van der Waals surface area contributed by atoms with Gasteiger partial charge in [-0.05, 0) is 206 Å². The van der Waals surface area contributed by atoms with Gasteiger partial charge in [0.1, 0.15) is 52.8 Å². The summed E-state index contributed by atoms with van der Waals surface area (Å²) in [5, 5.41) is 18.3. The van der Waals surface area contributed by atoms with Crippen molar-refractivity contribution in [3.05, 3.63) is 224 Å². The summed E-state index contributed by atoms with van der Waals surface area (Å²) in [6, 6.07) is 21.0. The Hall–Kier alpha value is -6.54. The van der Waals surface area contributed by atoms with Crippen molar-refractivity contribution in [1.82, 2.24) is 14.7 Å². The minimum Gasteiger partial charge on any atom is -0.748 e. The standard InChI is InChI=1S/C49H62N4O13S3.C42H57N3O10S3.C7H7NO4.CH4.4Na/c1-34-14-18-40-38(32-34)48(2,3)42(51(40)25-7-9-30-67(57,58)59)20-15-35-12-11-13-36(47(35)66-29-28-50(6)44(54)24-27-53-45(55)22-23-46(53)56)16-21-43-49(4,5)39-33-37(69(63,64)65)17-19-41(39)52(43)26-8-10-31-68(60,61)62;1-30-14-18-36-34(28-30)41(2,3)38(44(36)22-7-9-26-56(47,48)49)20-15-31-12-11-13-32(40(31)43(6)24-25-46)16-21-39-42(4,5)35-29-33(58(53,54)55)17-19-37(35)45(39)23-8-10-27-57(50,51)52;9-5-1-2-6(10)8(5)4-3-7(11)12;;;;;/h14-23,32-33H,7-13,24-31H2,1-6H3,(H2-,57,58,59,60,61,62,63,64,65);14-21,28-29,46H,7-13,22-27H2,1-6H3,(H2-,47,48,49,50,51,52,53,54,55);1-2H,3-4H2,(H,11,12);1H4;;;;/q;;;;4*+1/p-4. The van der Waals surface area contributed by atoms with Crippen LogP contribution in [-0.2, 0) is 116 Å². The molecule has 2 aliphatic carbocycles. The molecule has 0 bridgehead atoms. The van der Waals surface area contributed by atoms with Gasteiger partial charge in [0.05, 0.1) is 68.6 Å². The van der Waals surface area contributed by atoms with E-state index in [9.17, 15) is 112 Å². The summed E-state index contributed by atoms with van der Waals surface area (Å²) in [5.74, 6) is -4.50. The Labute approximate surface area is 936 Å². The van der Waals surface area contributed by atoms with Crippen LogP contribution in [0.2, 0.25) is 0 Å². The minimum absolute atomic E-state index is 0. The van der Waals surface area contributed by atoms with Crippen molar-refractivity contribution in [2.24, 2.45) is 0 Å². The van der Waals surface area contributed by atoms with Gasteiger partial charge < -0.3 is 61.9 Å². The third-order valence-corrected chi connectivity index (χ3v) is 30.9. The molecule has 35 nitrogen and oxygen atoms in total. The van der Waals surface area contributed by atoms with Gasteiger partial charge in [0.2, 0.25) is 17.3 Å². The predicted molar refractivity (Wildman–Crippen MR) is 525 cm³/mol. The number of carbonyl (C=O) groups is 6. The largest absolute Gasteiger partial charge is 1.00 e. The minimum atomic E-state index is -4.80. The number of nitrogens with zero attached hydrogens (tertiary/aromatic N) is 8. The molecule has 2 N–H and O–H groups in total. The van der Waals surface area contributed by atoms with Gasteiger partial charge >= 0.3 is 124 Å². The van der Waals surface area contributed by atoms with Crippen molar-refractivity contribution in [3.8, 4) is 0 Å². The molecule has 45 heteroatoms. The number of likely N-dealkylation sites (N-methyl/N-ethyl adjacent to an activating group) is 2. The molecule has 0 radical (unpaired) electrons. The molecule has 4 aromatic rings. The molecule has 1 fully saturated rings. The fraction of sp³-hybridized carbons (Fsp3) is 0.475. The molecule has 144 heavy (non-hydrogen) atoms. The van der Waals surface area contributed by atoms with Crippen LogP contribution in [0.25, 0.3) is 0 Å². The predicted octanol–water partition coefficient (Wildman–Crippen LogP) is -1.32. The Morgan fingerprint density at radius 1 is 0.465 bits per heavy atom. The van der Waals surface area contributed by atoms with Gasteiger partial charge in [0.15, 0.2) is 12.3 Å². The number of aliphatic hydroxyl groups is 1. The number of carboxylic acid groups (broad SMARTS) is 1. The van der Waals surface area contributed by atoms with E-state index in [2.05, 4.69) is 73.9 Å². The number of unbranched alkanes of at least 4 members (excludes halogenated alkanes) is 4. The SMILES string of the molecule is C.Cc1ccc2c(c1)C(C)(C)C(=CC=C1CCC/C(=C\C=C3\N(CCCCS(=O)(=O)[O-])c4ccc(S(=O)(=O)[O-])cc4C3(C)C)C1=[N+](C)CCO)N2CCCCS(=O)(=O)[O-].Cc1ccc2c(c1)C(C)(C)C(=CC=C1CCCC(C=CC3=[N+](CCCCS(=O)(=O)[O-])c4ccc(S(=O)(=O)[O-])cc4C3(C)C)=C1OCCN(C)C(=O)CCN1C(=O)C=CC1=O)N2CCCCS(=O)(=O)[O-].O=C(O)CCN1C(=O)C=CC1=O.[Na+].[Na+].[Na+].[Na+]. The first-order valence-electron chi connectivity index (χ1n) is 45.9. The third-order valence-electron chi connectivity index (χ3n) is 26.1. The number of rotatable bonds is 39. The number of benzene rings is 4. The number of allylic oxidation sites excluding steroid dienone is 15. The number of imide groups is 2. The van der Waals surface area contributed by atoms with Crippen molar-refractivity contribution >= 4 is 130 Å². The quantitative estimate of drug-likeness (QED) is 0.0172. The summed E-state index contributed by atoms with van der Waals surface area (Å²) >= 11 is 0. The van der Waals surface area contributed by atoms with E-state index in [1.807, 2.05) is 111 Å². The maximum Gasteiger partial charge on any atom is 1.00 e. The fourth-order valence-corrected chi connectivity index (χ4v) is 22.0. The van der Waals surface area contributed by atoms with Crippen LogP contribution < -0.4 is 133 Å². The zero-order valence-electron chi connectivity index (χ0n) is 84.2. The van der Waals surface area contributed by atoms with E-state index >= 15 is 0 Å². The van der Waals surface area contributed by atoms with Gasteiger partial charge in [0, 0.05) is 179 Å². The van der Waals surface area contributed by atoms with E-state index < -0.39 is 130 Å². The monoisotopic (exact) mass is 2140 g/mol. The van der Waals surface area contributed by atoms with Crippen molar-refractivity contribution in [1.29, 1.82) is 0 Å². The second-order valence-corrected chi connectivity index (χ2v) is 46.5. The Morgan fingerprint density at radius 3 is 1.24 bits per heavy atom. The molecular formula is C99H126N8Na4O27S6. The van der Waals surface area contributed by atoms with Crippen LogP contribution in [0.5, 0.6) is 0 Å². The van der Waals surface area contributed by atoms with E-state index in [1.165, 1.54) is 29.2 Å². The molecule has 0 spiro atoms. The molecule has 6 heterocycles. The summed E-state index contributed by atoms with van der Waals surface area (Å²) in [5.41, 5.74) is 14.8. The number of ether oxygens (including phenoxy) is 1. The maximum absolute atomic E-state index is 13.2. The molecule has 8 aliphatic rings. The summed E-state index contributed by atoms with van der Waals surface area (Å²) in [6.07, 6.45) is 27.2. The molecule has 5 amide bonds. The topological polar surface area (TPSA) is 521 Å². The van der Waals surface area contributed by atoms with Crippen molar-refractivity contribution in [2.45, 2.75) is 211 Å². The first kappa shape index (κ1) is 128. The third kappa shape index (κ3) is 33.5. The molecule has 764 valence electrons. The van der Waals surface area contributed by atoms with E-state index in [-0.39, 0.29) is 225 Å². The number of carboxylic acids is 1. The van der Waals surface area contributed by atoms with Gasteiger partial charge in [-0.25, -0.2) is 55.1 Å². The maximum atomic E-state index is 13.2. The van der Waals surface area contributed by atoms with Gasteiger partial charge in [-0.3, -0.25) is 38.6 Å². The average Bonchev–Trinajstić information content (AvgIpc) is 1.59. The molecule has 0 unspecified atom stereocenters. The van der Waals surface area contributed by atoms with Crippen molar-refractivity contribution in [2.75, 3.05) is 117 Å². The number of hydrogen-bond donors (Lipinski definition) is 2. The number of amides is 5. The zero-order valence-corrected chi connectivity index (χ0v) is 97.1. The van der Waals surface area contributed by atoms with Crippen LogP contribution in [0.15, 0.2) is 201 Å².